The molecule has 0 spiro atoms. The topological polar surface area (TPSA) is 63.2 Å². The van der Waals surface area contributed by atoms with Crippen LogP contribution in [0, 0.1) is 0 Å². The molecule has 0 aromatic carbocycles. The molecule has 0 aliphatic rings. The molecule has 0 bridgehead atoms. The van der Waals surface area contributed by atoms with E-state index in [1.165, 1.54) is 19.3 Å². The predicted molar refractivity (Wildman–Crippen MR) is 97.9 cm³/mol. The van der Waals surface area contributed by atoms with E-state index in [0.29, 0.717) is 46.2 Å². The summed E-state index contributed by atoms with van der Waals surface area (Å²) in [6, 6.07) is 0. The quantitative estimate of drug-likeness (QED) is 0.292. The summed E-state index contributed by atoms with van der Waals surface area (Å²) in [5.74, 6) is -0.241. The number of hydrogen-bond acceptors (Lipinski definition) is 6. The highest BCUT2D eigenvalue weighted by Crippen LogP contribution is 2.08. The number of carbonyl (C=O) groups excluding carboxylic acids is 1. The van der Waals surface area contributed by atoms with Crippen LogP contribution in [-0.2, 0) is 28.5 Å². The second-order valence-electron chi connectivity index (χ2n) is 6.85. The maximum absolute atomic E-state index is 11.4. The Morgan fingerprint density at radius 2 is 1.16 bits per heavy atom. The standard InChI is InChI=1S/C19H38O6/c1-5-6-7-8-10-21-12-14-23-16-17-24-15-13-22-11-9-18(20)25-19(2,3)4/h5-17H2,1-4H3. The molecule has 0 aromatic heterocycles. The van der Waals surface area contributed by atoms with Crippen molar-refractivity contribution in [2.75, 3.05) is 52.9 Å². The molecule has 0 fully saturated rings. The summed E-state index contributed by atoms with van der Waals surface area (Å²) in [6.45, 7) is 12.2. The first-order valence-electron chi connectivity index (χ1n) is 9.48. The molecule has 6 heteroatoms. The molecule has 0 aliphatic carbocycles. The number of rotatable bonds is 17. The van der Waals surface area contributed by atoms with Crippen molar-refractivity contribution in [1.82, 2.24) is 0 Å². The van der Waals surface area contributed by atoms with Crippen molar-refractivity contribution in [3.8, 4) is 0 Å². The lowest BCUT2D eigenvalue weighted by atomic mass is 10.2. The van der Waals surface area contributed by atoms with E-state index in [1.807, 2.05) is 20.8 Å². The van der Waals surface area contributed by atoms with Crippen molar-refractivity contribution in [3.63, 3.8) is 0 Å². The summed E-state index contributed by atoms with van der Waals surface area (Å²) in [5.41, 5.74) is -0.444. The first-order valence-corrected chi connectivity index (χ1v) is 9.48. The van der Waals surface area contributed by atoms with Gasteiger partial charge in [-0.25, -0.2) is 0 Å². The molecule has 150 valence electrons. The fourth-order valence-electron chi connectivity index (χ4n) is 1.94. The van der Waals surface area contributed by atoms with Crippen molar-refractivity contribution in [2.24, 2.45) is 0 Å². The van der Waals surface area contributed by atoms with Gasteiger partial charge in [-0.05, 0) is 27.2 Å². The Morgan fingerprint density at radius 3 is 1.64 bits per heavy atom. The van der Waals surface area contributed by atoms with E-state index >= 15 is 0 Å². The van der Waals surface area contributed by atoms with Crippen molar-refractivity contribution in [3.05, 3.63) is 0 Å². The normalized spacial score (nSPS) is 11.7. The molecule has 0 atom stereocenters. The predicted octanol–water partition coefficient (Wildman–Crippen LogP) is 3.36. The Morgan fingerprint density at radius 1 is 0.680 bits per heavy atom. The van der Waals surface area contributed by atoms with Crippen LogP contribution in [0.1, 0.15) is 59.8 Å². The first-order chi connectivity index (χ1) is 12.0. The van der Waals surface area contributed by atoms with Gasteiger partial charge in [-0.15, -0.1) is 0 Å². The summed E-state index contributed by atoms with van der Waals surface area (Å²) in [4.78, 5) is 11.4. The third-order valence-electron chi connectivity index (χ3n) is 3.13. The lowest BCUT2D eigenvalue weighted by Crippen LogP contribution is -2.24. The van der Waals surface area contributed by atoms with Crippen LogP contribution in [0.3, 0.4) is 0 Å². The third kappa shape index (κ3) is 21.3. The van der Waals surface area contributed by atoms with Gasteiger partial charge in [-0.3, -0.25) is 4.79 Å². The third-order valence-corrected chi connectivity index (χ3v) is 3.13. The Labute approximate surface area is 153 Å². The highest BCUT2D eigenvalue weighted by atomic mass is 16.6. The maximum Gasteiger partial charge on any atom is 0.308 e. The van der Waals surface area contributed by atoms with Gasteiger partial charge in [-0.2, -0.15) is 0 Å². The summed E-state index contributed by atoms with van der Waals surface area (Å²) in [5, 5.41) is 0. The molecule has 0 radical (unpaired) electrons. The smallest absolute Gasteiger partial charge is 0.308 e. The second-order valence-corrected chi connectivity index (χ2v) is 6.85. The zero-order chi connectivity index (χ0) is 18.8. The Bertz CT molecular complexity index is 301. The van der Waals surface area contributed by atoms with Crippen LogP contribution in [0.4, 0.5) is 0 Å². The fraction of sp³-hybridized carbons (Fsp3) is 0.947. The molecule has 0 unspecified atom stereocenters. The first kappa shape index (κ1) is 24.3. The van der Waals surface area contributed by atoms with E-state index in [1.54, 1.807) is 0 Å². The molecule has 0 amide bonds. The zero-order valence-electron chi connectivity index (χ0n) is 16.6. The molecule has 25 heavy (non-hydrogen) atoms. The van der Waals surface area contributed by atoms with Crippen molar-refractivity contribution in [2.45, 2.75) is 65.4 Å². The van der Waals surface area contributed by atoms with E-state index in [4.69, 9.17) is 23.7 Å². The van der Waals surface area contributed by atoms with E-state index in [0.717, 1.165) is 13.0 Å². The SMILES string of the molecule is CCCCCCOCCOCCOCCOCCC(=O)OC(C)(C)C. The molecule has 6 nitrogen and oxygen atoms in total. The van der Waals surface area contributed by atoms with Crippen LogP contribution >= 0.6 is 0 Å². The fourth-order valence-corrected chi connectivity index (χ4v) is 1.94. The van der Waals surface area contributed by atoms with Gasteiger partial charge in [0.05, 0.1) is 52.7 Å². The van der Waals surface area contributed by atoms with Crippen molar-refractivity contribution in [1.29, 1.82) is 0 Å². The van der Waals surface area contributed by atoms with Crippen LogP contribution in [0.15, 0.2) is 0 Å². The van der Waals surface area contributed by atoms with Crippen LogP contribution in [0.2, 0.25) is 0 Å². The molecule has 0 aromatic rings. The molecule has 0 N–H and O–H groups in total. The van der Waals surface area contributed by atoms with Gasteiger partial charge in [0.1, 0.15) is 5.60 Å². The number of esters is 1. The molecule has 0 aliphatic heterocycles. The van der Waals surface area contributed by atoms with Crippen molar-refractivity contribution >= 4 is 5.97 Å². The maximum atomic E-state index is 11.4. The zero-order valence-corrected chi connectivity index (χ0v) is 16.6. The Balaban J connectivity index is 3.13. The number of ether oxygens (including phenoxy) is 5. The Kier molecular flexibility index (Phi) is 16.3. The molecule has 0 saturated carbocycles. The van der Waals surface area contributed by atoms with Gasteiger partial charge in [0.2, 0.25) is 0 Å². The lowest BCUT2D eigenvalue weighted by Gasteiger charge is -2.19. The largest absolute Gasteiger partial charge is 0.460 e. The summed E-state index contributed by atoms with van der Waals surface area (Å²) in [7, 11) is 0. The lowest BCUT2D eigenvalue weighted by molar-refractivity contribution is -0.156. The number of hydrogen-bond donors (Lipinski definition) is 0. The highest BCUT2D eigenvalue weighted by molar-refractivity contribution is 5.69. The monoisotopic (exact) mass is 362 g/mol. The molecular formula is C19H38O6. The minimum absolute atomic E-state index is 0.241. The van der Waals surface area contributed by atoms with Gasteiger partial charge in [-0.1, -0.05) is 26.2 Å². The van der Waals surface area contributed by atoms with E-state index in [-0.39, 0.29) is 12.4 Å². The van der Waals surface area contributed by atoms with Gasteiger partial charge in [0.25, 0.3) is 0 Å². The Hall–Kier alpha value is -0.690. The van der Waals surface area contributed by atoms with E-state index in [9.17, 15) is 4.79 Å². The van der Waals surface area contributed by atoms with Gasteiger partial charge in [0, 0.05) is 6.61 Å². The van der Waals surface area contributed by atoms with Gasteiger partial charge >= 0.3 is 5.97 Å². The minimum Gasteiger partial charge on any atom is -0.460 e. The molecule has 0 saturated heterocycles. The van der Waals surface area contributed by atoms with Crippen LogP contribution in [0.5, 0.6) is 0 Å². The van der Waals surface area contributed by atoms with Crippen LogP contribution < -0.4 is 0 Å². The second kappa shape index (κ2) is 16.8. The van der Waals surface area contributed by atoms with E-state index in [2.05, 4.69) is 6.92 Å². The molecular weight excluding hydrogens is 324 g/mol. The average Bonchev–Trinajstić information content (AvgIpc) is 2.53. The number of unbranched alkanes of at least 4 members (excludes halogenated alkanes) is 3. The summed E-state index contributed by atoms with van der Waals surface area (Å²) in [6.07, 6.45) is 5.16. The van der Waals surface area contributed by atoms with Crippen LogP contribution in [-0.4, -0.2) is 64.4 Å². The van der Waals surface area contributed by atoms with Crippen LogP contribution in [0.25, 0.3) is 0 Å². The highest BCUT2D eigenvalue weighted by Gasteiger charge is 2.15. The van der Waals surface area contributed by atoms with Gasteiger partial charge < -0.3 is 23.7 Å². The number of carbonyl (C=O) groups is 1. The molecule has 0 heterocycles. The minimum atomic E-state index is -0.444. The summed E-state index contributed by atoms with van der Waals surface area (Å²) >= 11 is 0. The summed E-state index contributed by atoms with van der Waals surface area (Å²) < 4.78 is 26.8. The van der Waals surface area contributed by atoms with Gasteiger partial charge in [0.15, 0.2) is 0 Å². The van der Waals surface area contributed by atoms with E-state index < -0.39 is 5.60 Å². The average molecular weight is 363 g/mol. The molecule has 0 rings (SSSR count). The van der Waals surface area contributed by atoms with Crippen molar-refractivity contribution < 1.29 is 28.5 Å².